The summed E-state index contributed by atoms with van der Waals surface area (Å²) in [6.07, 6.45) is -0.0723. The minimum absolute atomic E-state index is 0.0723. The van der Waals surface area contributed by atoms with Crippen molar-refractivity contribution in [3.8, 4) is 0 Å². The zero-order chi connectivity index (χ0) is 17.1. The van der Waals surface area contributed by atoms with Gasteiger partial charge in [-0.2, -0.15) is 0 Å². The molecule has 0 spiro atoms. The van der Waals surface area contributed by atoms with Gasteiger partial charge < -0.3 is 0 Å². The molecular formula is C17H14FN3O3. The highest BCUT2D eigenvalue weighted by molar-refractivity contribution is 6.22. The van der Waals surface area contributed by atoms with Crippen molar-refractivity contribution in [3.05, 3.63) is 66.0 Å². The van der Waals surface area contributed by atoms with E-state index < -0.39 is 23.7 Å². The Bertz CT molecular complexity index is 795. The molecule has 24 heavy (non-hydrogen) atoms. The Morgan fingerprint density at radius 3 is 2.54 bits per heavy atom. The van der Waals surface area contributed by atoms with Gasteiger partial charge in [0, 0.05) is 5.56 Å². The van der Waals surface area contributed by atoms with Crippen molar-refractivity contribution in [2.75, 3.05) is 4.90 Å². The van der Waals surface area contributed by atoms with Gasteiger partial charge >= 0.3 is 0 Å². The molecule has 0 aromatic heterocycles. The van der Waals surface area contributed by atoms with Crippen LogP contribution in [0.15, 0.2) is 54.6 Å². The van der Waals surface area contributed by atoms with E-state index in [0.29, 0.717) is 5.69 Å². The molecule has 1 heterocycles. The van der Waals surface area contributed by atoms with Crippen molar-refractivity contribution in [1.82, 2.24) is 10.9 Å². The molecule has 1 atom stereocenters. The second-order valence-corrected chi connectivity index (χ2v) is 5.27. The van der Waals surface area contributed by atoms with Gasteiger partial charge in [-0.15, -0.1) is 0 Å². The third kappa shape index (κ3) is 3.16. The summed E-state index contributed by atoms with van der Waals surface area (Å²) in [5.41, 5.74) is 5.47. The van der Waals surface area contributed by atoms with Crippen LogP contribution in [-0.2, 0) is 9.59 Å². The van der Waals surface area contributed by atoms with Crippen molar-refractivity contribution in [2.24, 2.45) is 0 Å². The second-order valence-electron chi connectivity index (χ2n) is 5.27. The fraction of sp³-hybridized carbons (Fsp3) is 0.118. The van der Waals surface area contributed by atoms with Crippen molar-refractivity contribution in [1.29, 1.82) is 0 Å². The van der Waals surface area contributed by atoms with Crippen molar-refractivity contribution in [2.45, 2.75) is 12.5 Å². The number of amides is 3. The maximum absolute atomic E-state index is 13.1. The third-order valence-electron chi connectivity index (χ3n) is 3.61. The van der Waals surface area contributed by atoms with E-state index in [-0.39, 0.29) is 17.9 Å². The van der Waals surface area contributed by atoms with E-state index in [2.05, 4.69) is 10.9 Å². The van der Waals surface area contributed by atoms with Crippen LogP contribution in [0.5, 0.6) is 0 Å². The lowest BCUT2D eigenvalue weighted by Crippen LogP contribution is -2.48. The average molecular weight is 327 g/mol. The molecular weight excluding hydrogens is 313 g/mol. The molecule has 1 aliphatic rings. The normalized spacial score (nSPS) is 17.2. The van der Waals surface area contributed by atoms with Gasteiger partial charge in [-0.1, -0.05) is 24.3 Å². The summed E-state index contributed by atoms with van der Waals surface area (Å²) in [4.78, 5) is 37.4. The van der Waals surface area contributed by atoms with Gasteiger partial charge in [-0.25, -0.2) is 14.7 Å². The summed E-state index contributed by atoms with van der Waals surface area (Å²) < 4.78 is 13.1. The smallest absolute Gasteiger partial charge is 0.265 e. The Kier molecular flexibility index (Phi) is 4.35. The molecule has 2 N–H and O–H groups in total. The number of rotatable bonds is 4. The van der Waals surface area contributed by atoms with Crippen LogP contribution in [0.3, 0.4) is 0 Å². The maximum atomic E-state index is 13.1. The van der Waals surface area contributed by atoms with Gasteiger partial charge in [-0.3, -0.25) is 19.8 Å². The molecule has 2 aromatic carbocycles. The second kappa shape index (κ2) is 6.59. The standard InChI is InChI=1S/C17H14FN3O3/c18-12-6-4-5-11(9-12)16(23)20-19-14-10-15(22)21(17(14)24)13-7-2-1-3-8-13/h1-9,14,19H,10H2,(H,20,23). The number of carbonyl (C=O) groups excluding carboxylic acids is 3. The van der Waals surface area contributed by atoms with E-state index >= 15 is 0 Å². The summed E-state index contributed by atoms with van der Waals surface area (Å²) in [6.45, 7) is 0. The fourth-order valence-electron chi connectivity index (χ4n) is 2.45. The number of nitrogens with zero attached hydrogens (tertiary/aromatic N) is 1. The highest BCUT2D eigenvalue weighted by Crippen LogP contribution is 2.22. The van der Waals surface area contributed by atoms with E-state index in [9.17, 15) is 18.8 Å². The first kappa shape index (κ1) is 15.8. The summed E-state index contributed by atoms with van der Waals surface area (Å²) in [7, 11) is 0. The molecule has 1 fully saturated rings. The van der Waals surface area contributed by atoms with Crippen molar-refractivity contribution < 1.29 is 18.8 Å². The zero-order valence-electron chi connectivity index (χ0n) is 12.5. The molecule has 6 nitrogen and oxygen atoms in total. The monoisotopic (exact) mass is 327 g/mol. The number of anilines is 1. The van der Waals surface area contributed by atoms with Crippen LogP contribution in [0.4, 0.5) is 10.1 Å². The number of para-hydroxylation sites is 1. The van der Waals surface area contributed by atoms with E-state index in [1.807, 2.05) is 0 Å². The van der Waals surface area contributed by atoms with Crippen LogP contribution < -0.4 is 15.8 Å². The highest BCUT2D eigenvalue weighted by atomic mass is 19.1. The lowest BCUT2D eigenvalue weighted by molar-refractivity contribution is -0.121. The molecule has 1 unspecified atom stereocenters. The lowest BCUT2D eigenvalue weighted by atomic mass is 10.2. The Hall–Kier alpha value is -3.06. The number of halogens is 1. The summed E-state index contributed by atoms with van der Waals surface area (Å²) in [5, 5.41) is 0. The van der Waals surface area contributed by atoms with E-state index in [0.717, 1.165) is 11.0 Å². The first-order valence-electron chi connectivity index (χ1n) is 7.29. The van der Waals surface area contributed by atoms with Gasteiger partial charge in [-0.05, 0) is 30.3 Å². The maximum Gasteiger partial charge on any atom is 0.265 e. The molecule has 2 aromatic rings. The Morgan fingerprint density at radius 2 is 1.83 bits per heavy atom. The van der Waals surface area contributed by atoms with Crippen LogP contribution in [0, 0.1) is 5.82 Å². The number of nitrogens with one attached hydrogen (secondary N) is 2. The van der Waals surface area contributed by atoms with E-state index in [1.54, 1.807) is 30.3 Å². The minimum atomic E-state index is -0.866. The molecule has 0 bridgehead atoms. The average Bonchev–Trinajstić information content (AvgIpc) is 2.87. The SMILES string of the molecule is O=C(NNC1CC(=O)N(c2ccccc2)C1=O)c1cccc(F)c1. The molecule has 0 radical (unpaired) electrons. The topological polar surface area (TPSA) is 78.5 Å². The Balaban J connectivity index is 1.65. The van der Waals surface area contributed by atoms with Crippen molar-refractivity contribution in [3.63, 3.8) is 0 Å². The van der Waals surface area contributed by atoms with E-state index in [4.69, 9.17) is 0 Å². The van der Waals surface area contributed by atoms with E-state index in [1.165, 1.54) is 18.2 Å². The summed E-state index contributed by atoms with van der Waals surface area (Å²) in [5.74, 6) is -1.94. The number of carbonyl (C=O) groups is 3. The van der Waals surface area contributed by atoms with Crippen LogP contribution in [0.1, 0.15) is 16.8 Å². The predicted octanol–water partition coefficient (Wildman–Crippen LogP) is 1.39. The number of hydrazine groups is 1. The fourth-order valence-corrected chi connectivity index (χ4v) is 2.45. The Labute approximate surface area is 137 Å². The van der Waals surface area contributed by atoms with Gasteiger partial charge in [0.1, 0.15) is 11.9 Å². The van der Waals surface area contributed by atoms with Gasteiger partial charge in [0.05, 0.1) is 12.1 Å². The molecule has 0 saturated carbocycles. The molecule has 1 saturated heterocycles. The summed E-state index contributed by atoms with van der Waals surface area (Å²) in [6, 6.07) is 12.8. The highest BCUT2D eigenvalue weighted by Gasteiger charge is 2.39. The van der Waals surface area contributed by atoms with Gasteiger partial charge in [0.15, 0.2) is 0 Å². The van der Waals surface area contributed by atoms with Crippen LogP contribution >= 0.6 is 0 Å². The molecule has 1 aliphatic heterocycles. The minimum Gasteiger partial charge on any atom is -0.287 e. The predicted molar refractivity (Wildman–Crippen MR) is 84.3 cm³/mol. The summed E-state index contributed by atoms with van der Waals surface area (Å²) >= 11 is 0. The van der Waals surface area contributed by atoms with Crippen LogP contribution in [-0.4, -0.2) is 23.8 Å². The number of hydrogen-bond donors (Lipinski definition) is 2. The van der Waals surface area contributed by atoms with Crippen molar-refractivity contribution >= 4 is 23.4 Å². The van der Waals surface area contributed by atoms with Crippen LogP contribution in [0.25, 0.3) is 0 Å². The van der Waals surface area contributed by atoms with Gasteiger partial charge in [0.25, 0.3) is 11.8 Å². The number of benzene rings is 2. The van der Waals surface area contributed by atoms with Crippen LogP contribution in [0.2, 0.25) is 0 Å². The first-order valence-corrected chi connectivity index (χ1v) is 7.29. The first-order chi connectivity index (χ1) is 11.6. The molecule has 7 heteroatoms. The van der Waals surface area contributed by atoms with Gasteiger partial charge in [0.2, 0.25) is 5.91 Å². The molecule has 3 rings (SSSR count). The largest absolute Gasteiger partial charge is 0.287 e. The third-order valence-corrected chi connectivity index (χ3v) is 3.61. The lowest BCUT2D eigenvalue weighted by Gasteiger charge is -2.15. The Morgan fingerprint density at radius 1 is 1.08 bits per heavy atom. The molecule has 122 valence electrons. The zero-order valence-corrected chi connectivity index (χ0v) is 12.5. The quantitative estimate of drug-likeness (QED) is 0.657. The number of hydrogen-bond acceptors (Lipinski definition) is 4. The molecule has 3 amide bonds. The molecule has 0 aliphatic carbocycles. The number of imide groups is 1.